The summed E-state index contributed by atoms with van der Waals surface area (Å²) in [5, 5.41) is 12.8. The summed E-state index contributed by atoms with van der Waals surface area (Å²) in [5.74, 6) is 0.114. The Balaban J connectivity index is 1.93. The first-order chi connectivity index (χ1) is 7.99. The molecule has 4 nitrogen and oxygen atoms in total. The molecule has 0 bridgehead atoms. The Morgan fingerprint density at radius 3 is 2.94 bits per heavy atom. The molecule has 0 unspecified atom stereocenters. The van der Waals surface area contributed by atoms with E-state index >= 15 is 0 Å². The molecule has 1 saturated carbocycles. The molecule has 1 aliphatic rings. The van der Waals surface area contributed by atoms with Crippen molar-refractivity contribution in [3.8, 4) is 0 Å². The van der Waals surface area contributed by atoms with Crippen molar-refractivity contribution in [3.05, 3.63) is 28.5 Å². The average molecular weight is 299 g/mol. The van der Waals surface area contributed by atoms with Crippen molar-refractivity contribution in [2.75, 3.05) is 6.54 Å². The van der Waals surface area contributed by atoms with Gasteiger partial charge in [0.2, 0.25) is 0 Å². The van der Waals surface area contributed by atoms with Crippen LogP contribution < -0.4 is 5.32 Å². The smallest absolute Gasteiger partial charge is 0.252 e. The van der Waals surface area contributed by atoms with Crippen molar-refractivity contribution in [3.63, 3.8) is 0 Å². The van der Waals surface area contributed by atoms with E-state index < -0.39 is 5.60 Å². The number of hydrogen-bond donors (Lipinski definition) is 2. The first-order valence-electron chi connectivity index (χ1n) is 5.60. The summed E-state index contributed by atoms with van der Waals surface area (Å²) >= 11 is 3.26. The molecule has 1 fully saturated rings. The number of carbonyl (C=O) groups is 1. The fraction of sp³-hybridized carbons (Fsp3) is 0.500. The maximum absolute atomic E-state index is 11.8. The maximum Gasteiger partial charge on any atom is 0.252 e. The van der Waals surface area contributed by atoms with Crippen molar-refractivity contribution in [1.82, 2.24) is 10.3 Å². The summed E-state index contributed by atoms with van der Waals surface area (Å²) in [4.78, 5) is 15.7. The number of aromatic nitrogens is 1. The van der Waals surface area contributed by atoms with Crippen molar-refractivity contribution < 1.29 is 9.90 Å². The van der Waals surface area contributed by atoms with E-state index in [0.29, 0.717) is 11.5 Å². The minimum atomic E-state index is -0.797. The molecule has 0 saturated heterocycles. The maximum atomic E-state index is 11.8. The molecule has 1 amide bonds. The molecule has 92 valence electrons. The first-order valence-corrected chi connectivity index (χ1v) is 6.39. The van der Waals surface area contributed by atoms with Gasteiger partial charge in [0.15, 0.2) is 0 Å². The minimum absolute atomic E-state index is 0.209. The van der Waals surface area contributed by atoms with E-state index in [9.17, 15) is 9.90 Å². The number of nitrogens with one attached hydrogen (secondary N) is 1. The molecule has 2 rings (SSSR count). The number of nitrogens with zero attached hydrogens (tertiary/aromatic N) is 1. The van der Waals surface area contributed by atoms with Crippen LogP contribution in [0.25, 0.3) is 0 Å². The first kappa shape index (κ1) is 12.5. The Morgan fingerprint density at radius 2 is 2.35 bits per heavy atom. The molecule has 2 N–H and O–H groups in total. The van der Waals surface area contributed by atoms with Gasteiger partial charge in [0, 0.05) is 23.4 Å². The second-order valence-electron chi connectivity index (χ2n) is 4.71. The highest BCUT2D eigenvalue weighted by Gasteiger charge is 2.39. The SMILES string of the molecule is C[C@@](O)(CNC(=O)c1cncc(Br)c1)C1CC1. The van der Waals surface area contributed by atoms with E-state index in [0.717, 1.165) is 17.3 Å². The number of pyridine rings is 1. The lowest BCUT2D eigenvalue weighted by Crippen LogP contribution is -2.42. The van der Waals surface area contributed by atoms with Crippen molar-refractivity contribution in [1.29, 1.82) is 0 Å². The summed E-state index contributed by atoms with van der Waals surface area (Å²) in [5.41, 5.74) is -0.305. The molecule has 17 heavy (non-hydrogen) atoms. The summed E-state index contributed by atoms with van der Waals surface area (Å²) in [6.07, 6.45) is 5.21. The van der Waals surface area contributed by atoms with E-state index in [1.165, 1.54) is 6.20 Å². The topological polar surface area (TPSA) is 62.2 Å². The summed E-state index contributed by atoms with van der Waals surface area (Å²) in [7, 11) is 0. The normalized spacial score (nSPS) is 18.5. The van der Waals surface area contributed by atoms with E-state index in [1.807, 2.05) is 0 Å². The molecule has 0 radical (unpaired) electrons. The largest absolute Gasteiger partial charge is 0.388 e. The molecule has 1 aliphatic carbocycles. The zero-order valence-electron chi connectivity index (χ0n) is 9.61. The molecular weight excluding hydrogens is 284 g/mol. The third-order valence-corrected chi connectivity index (χ3v) is 3.46. The van der Waals surface area contributed by atoms with Gasteiger partial charge in [-0.1, -0.05) is 0 Å². The highest BCUT2D eigenvalue weighted by molar-refractivity contribution is 9.10. The van der Waals surface area contributed by atoms with Crippen molar-refractivity contribution >= 4 is 21.8 Å². The van der Waals surface area contributed by atoms with Gasteiger partial charge in [0.25, 0.3) is 5.91 Å². The number of carbonyl (C=O) groups excluding carboxylic acids is 1. The summed E-state index contributed by atoms with van der Waals surface area (Å²) in [6, 6.07) is 1.70. The van der Waals surface area contributed by atoms with Crippen LogP contribution in [0.3, 0.4) is 0 Å². The Hall–Kier alpha value is -0.940. The van der Waals surface area contributed by atoms with Gasteiger partial charge in [-0.2, -0.15) is 0 Å². The van der Waals surface area contributed by atoms with Gasteiger partial charge in [-0.25, -0.2) is 0 Å². The number of hydrogen-bond acceptors (Lipinski definition) is 3. The van der Waals surface area contributed by atoms with E-state index in [4.69, 9.17) is 0 Å². The lowest BCUT2D eigenvalue weighted by atomic mass is 10.0. The quantitative estimate of drug-likeness (QED) is 0.890. The Kier molecular flexibility index (Phi) is 3.49. The van der Waals surface area contributed by atoms with Crippen LogP contribution >= 0.6 is 15.9 Å². The molecular formula is C12H15BrN2O2. The van der Waals surface area contributed by atoms with E-state index in [-0.39, 0.29) is 12.5 Å². The predicted octanol–water partition coefficient (Wildman–Crippen LogP) is 1.73. The lowest BCUT2D eigenvalue weighted by Gasteiger charge is -2.23. The third kappa shape index (κ3) is 3.26. The molecule has 0 aromatic carbocycles. The molecule has 1 aromatic rings. The molecule has 0 aliphatic heterocycles. The highest BCUT2D eigenvalue weighted by Crippen LogP contribution is 2.39. The monoisotopic (exact) mass is 298 g/mol. The van der Waals surface area contributed by atoms with Crippen LogP contribution in [0.5, 0.6) is 0 Å². The lowest BCUT2D eigenvalue weighted by molar-refractivity contribution is 0.0354. The zero-order chi connectivity index (χ0) is 12.5. The van der Waals surface area contributed by atoms with Crippen LogP contribution in [0, 0.1) is 5.92 Å². The van der Waals surface area contributed by atoms with Gasteiger partial charge >= 0.3 is 0 Å². The van der Waals surface area contributed by atoms with Crippen LogP contribution in [0.15, 0.2) is 22.9 Å². The Labute approximate surface area is 109 Å². The van der Waals surface area contributed by atoms with Crippen LogP contribution in [-0.2, 0) is 0 Å². The van der Waals surface area contributed by atoms with Crippen LogP contribution in [0.1, 0.15) is 30.1 Å². The Morgan fingerprint density at radius 1 is 1.65 bits per heavy atom. The molecule has 1 heterocycles. The van der Waals surface area contributed by atoms with Gasteiger partial charge in [-0.3, -0.25) is 9.78 Å². The fourth-order valence-corrected chi connectivity index (χ4v) is 2.11. The number of halogens is 1. The van der Waals surface area contributed by atoms with Gasteiger partial charge in [-0.15, -0.1) is 0 Å². The number of amides is 1. The number of rotatable bonds is 4. The summed E-state index contributed by atoms with van der Waals surface area (Å²) in [6.45, 7) is 2.05. The van der Waals surface area contributed by atoms with Crippen molar-refractivity contribution in [2.24, 2.45) is 5.92 Å². The van der Waals surface area contributed by atoms with Gasteiger partial charge in [-0.05, 0) is 47.7 Å². The highest BCUT2D eigenvalue weighted by atomic mass is 79.9. The van der Waals surface area contributed by atoms with Gasteiger partial charge < -0.3 is 10.4 Å². The van der Waals surface area contributed by atoms with E-state index in [1.54, 1.807) is 19.2 Å². The van der Waals surface area contributed by atoms with Crippen LogP contribution in [-0.4, -0.2) is 28.1 Å². The van der Waals surface area contributed by atoms with Crippen LogP contribution in [0.2, 0.25) is 0 Å². The fourth-order valence-electron chi connectivity index (χ4n) is 1.75. The molecule has 5 heteroatoms. The van der Waals surface area contributed by atoms with Gasteiger partial charge in [0.05, 0.1) is 11.2 Å². The van der Waals surface area contributed by atoms with Crippen molar-refractivity contribution in [2.45, 2.75) is 25.4 Å². The predicted molar refractivity (Wildman–Crippen MR) is 67.6 cm³/mol. The van der Waals surface area contributed by atoms with E-state index in [2.05, 4.69) is 26.2 Å². The average Bonchev–Trinajstić information content (AvgIpc) is 3.10. The zero-order valence-corrected chi connectivity index (χ0v) is 11.2. The molecule has 0 spiro atoms. The standard InChI is InChI=1S/C12H15BrN2O2/c1-12(17,9-2-3-9)7-15-11(16)8-4-10(13)6-14-5-8/h4-6,9,17H,2-3,7H2,1H3,(H,15,16)/t12-/m1/s1. The Bertz CT molecular complexity index is 430. The molecule has 1 aromatic heterocycles. The minimum Gasteiger partial charge on any atom is -0.388 e. The second kappa shape index (κ2) is 4.74. The van der Waals surface area contributed by atoms with Crippen LogP contribution in [0.4, 0.5) is 0 Å². The number of aliphatic hydroxyl groups is 1. The van der Waals surface area contributed by atoms with Gasteiger partial charge in [0.1, 0.15) is 0 Å². The third-order valence-electron chi connectivity index (χ3n) is 3.03. The second-order valence-corrected chi connectivity index (χ2v) is 5.62. The molecule has 1 atom stereocenters. The summed E-state index contributed by atoms with van der Waals surface area (Å²) < 4.78 is 0.763.